The van der Waals surface area contributed by atoms with Crippen LogP contribution in [0.3, 0.4) is 0 Å². The second-order valence-electron chi connectivity index (χ2n) is 9.36. The first-order valence-corrected chi connectivity index (χ1v) is 13.6. The molecule has 3 rings (SSSR count). The lowest BCUT2D eigenvalue weighted by atomic mass is 10.0. The minimum Gasteiger partial charge on any atom is -0.497 e. The minimum absolute atomic E-state index is 0.0838. The molecule has 1 aliphatic carbocycles. The summed E-state index contributed by atoms with van der Waals surface area (Å²) in [6.45, 7) is 2.80. The van der Waals surface area contributed by atoms with Gasteiger partial charge in [-0.3, -0.25) is 9.59 Å². The van der Waals surface area contributed by atoms with Crippen molar-refractivity contribution in [1.82, 2.24) is 10.2 Å². The molecule has 0 bridgehead atoms. The molecular weight excluding hydrogens is 492 g/mol. The Hall–Kier alpha value is -2.93. The average Bonchev–Trinajstić information content (AvgIpc) is 3.20. The van der Waals surface area contributed by atoms with Crippen molar-refractivity contribution in [2.75, 3.05) is 26.7 Å². The van der Waals surface area contributed by atoms with Crippen molar-refractivity contribution in [2.45, 2.75) is 70.5 Å². The first-order valence-electron chi connectivity index (χ1n) is 13.1. The molecule has 0 heterocycles. The smallest absolute Gasteiger partial charge is 0.247 e. The Morgan fingerprint density at radius 1 is 1.00 bits per heavy atom. The van der Waals surface area contributed by atoms with Crippen LogP contribution in [0.1, 0.15) is 69.0 Å². The molecule has 0 saturated heterocycles. The van der Waals surface area contributed by atoms with Gasteiger partial charge >= 0.3 is 0 Å². The fourth-order valence-corrected chi connectivity index (χ4v) is 4.84. The highest BCUT2D eigenvalue weighted by atomic mass is 35.5. The molecule has 1 fully saturated rings. The highest BCUT2D eigenvalue weighted by molar-refractivity contribution is 6.27. The maximum Gasteiger partial charge on any atom is 0.247 e. The van der Waals surface area contributed by atoms with E-state index in [1.54, 1.807) is 31.3 Å². The van der Waals surface area contributed by atoms with Crippen molar-refractivity contribution in [1.29, 1.82) is 0 Å². The molecule has 2 amide bonds. The van der Waals surface area contributed by atoms with Crippen molar-refractivity contribution >= 4 is 23.4 Å². The number of carbonyl (C=O) groups is 2. The topological polar surface area (TPSA) is 77.1 Å². The Balaban J connectivity index is 1.99. The van der Waals surface area contributed by atoms with E-state index in [4.69, 9.17) is 25.8 Å². The molecule has 8 heteroatoms. The summed E-state index contributed by atoms with van der Waals surface area (Å²) in [7, 11) is 3.17. The van der Waals surface area contributed by atoms with Gasteiger partial charge in [0.1, 0.15) is 17.7 Å². The summed E-state index contributed by atoms with van der Waals surface area (Å²) in [5.41, 5.74) is 1.50. The van der Waals surface area contributed by atoms with Crippen LogP contribution in [0.4, 0.5) is 0 Å². The highest BCUT2D eigenvalue weighted by Gasteiger charge is 2.33. The molecule has 0 spiro atoms. The van der Waals surface area contributed by atoms with Crippen LogP contribution in [0, 0.1) is 0 Å². The van der Waals surface area contributed by atoms with Crippen molar-refractivity contribution in [3.8, 4) is 17.2 Å². The van der Waals surface area contributed by atoms with Crippen molar-refractivity contribution in [3.63, 3.8) is 0 Å². The van der Waals surface area contributed by atoms with E-state index in [1.165, 1.54) is 12.8 Å². The van der Waals surface area contributed by atoms with Crippen molar-refractivity contribution in [3.05, 3.63) is 53.6 Å². The monoisotopic (exact) mass is 530 g/mol. The molecule has 1 saturated carbocycles. The summed E-state index contributed by atoms with van der Waals surface area (Å²) in [4.78, 5) is 28.6. The molecule has 0 radical (unpaired) electrons. The predicted molar refractivity (Wildman–Crippen MR) is 145 cm³/mol. The SMILES string of the molecule is CCCOc1ccc(C(C(=O)NC2CCCCCC2)N(Cc2ccc(OC)cc2)C(=O)CCl)cc1OC. The molecule has 2 aromatic rings. The van der Waals surface area contributed by atoms with Gasteiger partial charge in [0.25, 0.3) is 0 Å². The second kappa shape index (κ2) is 14.7. The molecular formula is C29H39ClN2O5. The third-order valence-electron chi connectivity index (χ3n) is 6.67. The van der Waals surface area contributed by atoms with E-state index >= 15 is 0 Å². The van der Waals surface area contributed by atoms with Crippen LogP contribution in [-0.2, 0) is 16.1 Å². The van der Waals surface area contributed by atoms with Gasteiger partial charge in [0.15, 0.2) is 11.5 Å². The molecule has 0 aliphatic heterocycles. The number of amides is 2. The van der Waals surface area contributed by atoms with Gasteiger partial charge < -0.3 is 24.4 Å². The normalized spacial score (nSPS) is 14.8. The van der Waals surface area contributed by atoms with E-state index in [0.717, 1.165) is 37.7 Å². The fourth-order valence-electron chi connectivity index (χ4n) is 4.69. The number of methoxy groups -OCH3 is 2. The number of ether oxygens (including phenoxy) is 3. The molecule has 37 heavy (non-hydrogen) atoms. The van der Waals surface area contributed by atoms with Crippen LogP contribution >= 0.6 is 11.6 Å². The van der Waals surface area contributed by atoms with Gasteiger partial charge in [-0.1, -0.05) is 50.8 Å². The van der Waals surface area contributed by atoms with E-state index in [0.29, 0.717) is 29.4 Å². The largest absolute Gasteiger partial charge is 0.497 e. The Labute approximate surface area is 225 Å². The number of hydrogen-bond donors (Lipinski definition) is 1. The van der Waals surface area contributed by atoms with Crippen molar-refractivity contribution < 1.29 is 23.8 Å². The summed E-state index contributed by atoms with van der Waals surface area (Å²) in [6.07, 6.45) is 7.27. The lowest BCUT2D eigenvalue weighted by Gasteiger charge is -2.32. The Morgan fingerprint density at radius 2 is 1.70 bits per heavy atom. The fraction of sp³-hybridized carbons (Fsp3) is 0.517. The van der Waals surface area contributed by atoms with Crippen LogP contribution in [0.2, 0.25) is 0 Å². The maximum atomic E-state index is 13.9. The number of hydrogen-bond acceptors (Lipinski definition) is 5. The quantitative estimate of drug-likeness (QED) is 0.284. The zero-order chi connectivity index (χ0) is 26.6. The molecule has 1 N–H and O–H groups in total. The van der Waals surface area contributed by atoms with Gasteiger partial charge in [0, 0.05) is 12.6 Å². The van der Waals surface area contributed by atoms with Crippen LogP contribution in [0.15, 0.2) is 42.5 Å². The average molecular weight is 531 g/mol. The molecule has 2 aromatic carbocycles. The second-order valence-corrected chi connectivity index (χ2v) is 9.63. The Kier molecular flexibility index (Phi) is 11.4. The zero-order valence-corrected chi connectivity index (χ0v) is 22.9. The van der Waals surface area contributed by atoms with E-state index in [1.807, 2.05) is 37.3 Å². The molecule has 1 aliphatic rings. The van der Waals surface area contributed by atoms with Gasteiger partial charge in [-0.15, -0.1) is 11.6 Å². The van der Waals surface area contributed by atoms with Crippen LogP contribution in [-0.4, -0.2) is 49.5 Å². The van der Waals surface area contributed by atoms with Crippen LogP contribution < -0.4 is 19.5 Å². The lowest BCUT2D eigenvalue weighted by Crippen LogP contribution is -2.46. The summed E-state index contributed by atoms with van der Waals surface area (Å²) in [5.74, 6) is 1.04. The van der Waals surface area contributed by atoms with E-state index in [9.17, 15) is 9.59 Å². The van der Waals surface area contributed by atoms with Crippen LogP contribution in [0.25, 0.3) is 0 Å². The highest BCUT2D eigenvalue weighted by Crippen LogP contribution is 2.34. The Morgan fingerprint density at radius 3 is 2.30 bits per heavy atom. The first-order chi connectivity index (χ1) is 18.0. The molecule has 1 atom stereocenters. The number of carbonyl (C=O) groups excluding carboxylic acids is 2. The molecule has 1 unspecified atom stereocenters. The lowest BCUT2D eigenvalue weighted by molar-refractivity contribution is -0.140. The van der Waals surface area contributed by atoms with Crippen molar-refractivity contribution in [2.24, 2.45) is 0 Å². The Bertz CT molecular complexity index is 1010. The number of halogens is 1. The number of nitrogens with zero attached hydrogens (tertiary/aromatic N) is 1. The van der Waals surface area contributed by atoms with Crippen LogP contribution in [0.5, 0.6) is 17.2 Å². The molecule has 7 nitrogen and oxygen atoms in total. The van der Waals surface area contributed by atoms with Gasteiger partial charge in [0.05, 0.1) is 20.8 Å². The summed E-state index contributed by atoms with van der Waals surface area (Å²) < 4.78 is 16.7. The third-order valence-corrected chi connectivity index (χ3v) is 6.90. The van der Waals surface area contributed by atoms with E-state index in [-0.39, 0.29) is 30.3 Å². The van der Waals surface area contributed by atoms with Gasteiger partial charge in [-0.25, -0.2) is 0 Å². The number of alkyl halides is 1. The summed E-state index contributed by atoms with van der Waals surface area (Å²) in [6, 6.07) is 12.0. The number of nitrogens with one attached hydrogen (secondary N) is 1. The van der Waals surface area contributed by atoms with E-state index in [2.05, 4.69) is 5.32 Å². The predicted octanol–water partition coefficient (Wildman–Crippen LogP) is 5.64. The maximum absolute atomic E-state index is 13.9. The summed E-state index contributed by atoms with van der Waals surface area (Å²) >= 11 is 6.06. The summed E-state index contributed by atoms with van der Waals surface area (Å²) in [5, 5.41) is 3.24. The number of rotatable bonds is 12. The van der Waals surface area contributed by atoms with Gasteiger partial charge in [-0.05, 0) is 54.7 Å². The standard InChI is InChI=1S/C29H39ClN2O5/c1-4-17-37-25-16-13-22(18-26(25)36-3)28(29(34)31-23-9-7-5-6-8-10-23)32(27(33)19-30)20-21-11-14-24(35-2)15-12-21/h11-16,18,23,28H,4-10,17,19-20H2,1-3H3,(H,31,34). The number of benzene rings is 2. The molecule has 202 valence electrons. The van der Waals surface area contributed by atoms with Gasteiger partial charge in [0.2, 0.25) is 11.8 Å². The molecule has 0 aromatic heterocycles. The first kappa shape index (κ1) is 28.6. The zero-order valence-electron chi connectivity index (χ0n) is 22.1. The third kappa shape index (κ3) is 8.03. The minimum atomic E-state index is -0.884. The van der Waals surface area contributed by atoms with Gasteiger partial charge in [-0.2, -0.15) is 0 Å². The van der Waals surface area contributed by atoms with E-state index < -0.39 is 6.04 Å².